The number of amides is 2. The number of primary amides is 1. The van der Waals surface area contributed by atoms with Crippen LogP contribution in [-0.4, -0.2) is 32.9 Å². The summed E-state index contributed by atoms with van der Waals surface area (Å²) in [6, 6.07) is 12.7. The van der Waals surface area contributed by atoms with E-state index in [1.165, 1.54) is 24.3 Å². The van der Waals surface area contributed by atoms with Crippen LogP contribution in [0, 0.1) is 0 Å². The van der Waals surface area contributed by atoms with E-state index in [0.29, 0.717) is 11.4 Å². The number of carbonyl (C=O) groups excluding carboxylic acids is 2. The highest BCUT2D eigenvalue weighted by Gasteiger charge is 2.22. The summed E-state index contributed by atoms with van der Waals surface area (Å²) >= 11 is 0. The minimum Gasteiger partial charge on any atom is -0.484 e. The molecule has 8 nitrogen and oxygen atoms in total. The Morgan fingerprint density at radius 1 is 1.00 bits per heavy atom. The monoisotopic (exact) mass is 431 g/mol. The number of nitrogens with one attached hydrogen (secondary N) is 2. The van der Waals surface area contributed by atoms with Crippen LogP contribution in [0.2, 0.25) is 0 Å². The first kappa shape index (κ1) is 21.8. The van der Waals surface area contributed by atoms with E-state index in [-0.39, 0.29) is 29.9 Å². The first-order valence-corrected chi connectivity index (χ1v) is 11.2. The van der Waals surface area contributed by atoms with Crippen molar-refractivity contribution in [2.45, 2.75) is 43.0 Å². The summed E-state index contributed by atoms with van der Waals surface area (Å²) in [6.45, 7) is -0.227. The number of rotatable bonds is 9. The highest BCUT2D eigenvalue weighted by Crippen LogP contribution is 2.21. The predicted molar refractivity (Wildman–Crippen MR) is 112 cm³/mol. The van der Waals surface area contributed by atoms with Crippen LogP contribution in [0.3, 0.4) is 0 Å². The van der Waals surface area contributed by atoms with Crippen LogP contribution in [0.4, 0.5) is 5.69 Å². The maximum absolute atomic E-state index is 12.4. The van der Waals surface area contributed by atoms with Crippen molar-refractivity contribution in [3.05, 3.63) is 54.1 Å². The fourth-order valence-corrected chi connectivity index (χ4v) is 4.60. The van der Waals surface area contributed by atoms with Crippen molar-refractivity contribution in [3.63, 3.8) is 0 Å². The second kappa shape index (κ2) is 9.73. The zero-order valence-corrected chi connectivity index (χ0v) is 17.3. The second-order valence-electron chi connectivity index (χ2n) is 7.25. The maximum atomic E-state index is 12.4. The SMILES string of the molecule is NC(=O)Cc1ccc(NC(=O)COc2ccc(S(=O)(=O)NC3CCCC3)cc2)cc1. The average molecular weight is 432 g/mol. The Balaban J connectivity index is 1.49. The molecule has 0 aromatic heterocycles. The van der Waals surface area contributed by atoms with Crippen LogP contribution >= 0.6 is 0 Å². The van der Waals surface area contributed by atoms with Crippen molar-refractivity contribution >= 4 is 27.5 Å². The van der Waals surface area contributed by atoms with Gasteiger partial charge in [-0.15, -0.1) is 0 Å². The third kappa shape index (κ3) is 6.30. The Hall–Kier alpha value is -2.91. The van der Waals surface area contributed by atoms with E-state index in [1.807, 2.05) is 0 Å². The summed E-state index contributed by atoms with van der Waals surface area (Å²) in [6.07, 6.45) is 3.95. The highest BCUT2D eigenvalue weighted by atomic mass is 32.2. The number of ether oxygens (including phenoxy) is 1. The molecule has 0 spiro atoms. The molecule has 0 saturated heterocycles. The molecule has 2 amide bonds. The lowest BCUT2D eigenvalue weighted by molar-refractivity contribution is -0.118. The van der Waals surface area contributed by atoms with Crippen LogP contribution in [0.1, 0.15) is 31.2 Å². The van der Waals surface area contributed by atoms with Crippen LogP contribution in [0.15, 0.2) is 53.4 Å². The lowest BCUT2D eigenvalue weighted by Gasteiger charge is -2.13. The smallest absolute Gasteiger partial charge is 0.262 e. The summed E-state index contributed by atoms with van der Waals surface area (Å²) < 4.78 is 33.0. The molecule has 1 aliphatic carbocycles. The number of carbonyl (C=O) groups is 2. The molecule has 0 unspecified atom stereocenters. The molecule has 1 saturated carbocycles. The molecule has 9 heteroatoms. The number of nitrogens with two attached hydrogens (primary N) is 1. The number of anilines is 1. The molecule has 0 atom stereocenters. The van der Waals surface area contributed by atoms with Crippen molar-refractivity contribution in [2.24, 2.45) is 5.73 Å². The van der Waals surface area contributed by atoms with Crippen molar-refractivity contribution in [1.82, 2.24) is 4.72 Å². The van der Waals surface area contributed by atoms with Crippen molar-refractivity contribution in [1.29, 1.82) is 0 Å². The van der Waals surface area contributed by atoms with Gasteiger partial charge in [-0.2, -0.15) is 0 Å². The number of benzene rings is 2. The Bertz CT molecular complexity index is 982. The maximum Gasteiger partial charge on any atom is 0.262 e. The molecule has 1 aliphatic rings. The molecule has 160 valence electrons. The first-order chi connectivity index (χ1) is 14.3. The zero-order chi connectivity index (χ0) is 21.6. The fourth-order valence-electron chi connectivity index (χ4n) is 3.30. The van der Waals surface area contributed by atoms with Gasteiger partial charge in [-0.1, -0.05) is 25.0 Å². The minimum atomic E-state index is -3.56. The van der Waals surface area contributed by atoms with E-state index in [2.05, 4.69) is 10.0 Å². The molecular formula is C21H25N3O5S. The molecule has 0 aliphatic heterocycles. The molecular weight excluding hydrogens is 406 g/mol. The molecule has 2 aromatic rings. The van der Waals surface area contributed by atoms with Gasteiger partial charge in [0.25, 0.3) is 5.91 Å². The molecule has 0 radical (unpaired) electrons. The van der Waals surface area contributed by atoms with Gasteiger partial charge in [-0.3, -0.25) is 9.59 Å². The lowest BCUT2D eigenvalue weighted by atomic mass is 10.1. The van der Waals surface area contributed by atoms with Gasteiger partial charge in [-0.25, -0.2) is 13.1 Å². The minimum absolute atomic E-state index is 0.000479. The molecule has 0 bridgehead atoms. The standard InChI is InChI=1S/C21H25N3O5S/c22-20(25)13-15-5-7-16(8-6-15)23-21(26)14-29-18-9-11-19(12-10-18)30(27,28)24-17-3-1-2-4-17/h5-12,17,24H,1-4,13-14H2,(H2,22,25)(H,23,26). The summed E-state index contributed by atoms with van der Waals surface area (Å²) in [4.78, 5) is 23.1. The Kier molecular flexibility index (Phi) is 7.07. The van der Waals surface area contributed by atoms with Crippen LogP contribution in [0.25, 0.3) is 0 Å². The molecule has 4 N–H and O–H groups in total. The van der Waals surface area contributed by atoms with Crippen LogP contribution in [-0.2, 0) is 26.0 Å². The highest BCUT2D eigenvalue weighted by molar-refractivity contribution is 7.89. The molecule has 2 aromatic carbocycles. The van der Waals surface area contributed by atoms with Crippen LogP contribution < -0.4 is 20.5 Å². The topological polar surface area (TPSA) is 128 Å². The third-order valence-electron chi connectivity index (χ3n) is 4.80. The number of hydrogen-bond acceptors (Lipinski definition) is 5. The second-order valence-corrected chi connectivity index (χ2v) is 8.96. The van der Waals surface area contributed by atoms with Gasteiger partial charge in [0.15, 0.2) is 6.61 Å². The van der Waals surface area contributed by atoms with Crippen LogP contribution in [0.5, 0.6) is 5.75 Å². The Labute approximate surface area is 175 Å². The summed E-state index contributed by atoms with van der Waals surface area (Å²) in [5.74, 6) is -0.396. The van der Waals surface area contributed by atoms with E-state index >= 15 is 0 Å². The van der Waals surface area contributed by atoms with E-state index in [0.717, 1.165) is 31.2 Å². The van der Waals surface area contributed by atoms with Gasteiger partial charge in [0.05, 0.1) is 11.3 Å². The fraction of sp³-hybridized carbons (Fsp3) is 0.333. The summed E-state index contributed by atoms with van der Waals surface area (Å²) in [5, 5.41) is 2.68. The molecule has 0 heterocycles. The van der Waals surface area contributed by atoms with Crippen molar-refractivity contribution < 1.29 is 22.7 Å². The lowest BCUT2D eigenvalue weighted by Crippen LogP contribution is -2.32. The zero-order valence-electron chi connectivity index (χ0n) is 16.5. The van der Waals surface area contributed by atoms with Crippen molar-refractivity contribution in [2.75, 3.05) is 11.9 Å². The average Bonchev–Trinajstić information content (AvgIpc) is 3.20. The van der Waals surface area contributed by atoms with E-state index < -0.39 is 15.9 Å². The predicted octanol–water partition coefficient (Wildman–Crippen LogP) is 1.95. The van der Waals surface area contributed by atoms with Gasteiger partial charge in [0.1, 0.15) is 5.75 Å². The summed E-state index contributed by atoms with van der Waals surface area (Å²) in [5.41, 5.74) is 6.47. The van der Waals surface area contributed by atoms with Gasteiger partial charge in [0, 0.05) is 11.7 Å². The Morgan fingerprint density at radius 2 is 1.63 bits per heavy atom. The molecule has 3 rings (SSSR count). The third-order valence-corrected chi connectivity index (χ3v) is 6.33. The van der Waals surface area contributed by atoms with Crippen molar-refractivity contribution in [3.8, 4) is 5.75 Å². The molecule has 30 heavy (non-hydrogen) atoms. The number of sulfonamides is 1. The van der Waals surface area contributed by atoms with Gasteiger partial charge < -0.3 is 15.8 Å². The molecule has 1 fully saturated rings. The van der Waals surface area contributed by atoms with Gasteiger partial charge in [0.2, 0.25) is 15.9 Å². The van der Waals surface area contributed by atoms with Gasteiger partial charge in [-0.05, 0) is 54.8 Å². The quantitative estimate of drug-likeness (QED) is 0.559. The Morgan fingerprint density at radius 3 is 2.23 bits per heavy atom. The largest absolute Gasteiger partial charge is 0.484 e. The van der Waals surface area contributed by atoms with E-state index in [9.17, 15) is 18.0 Å². The van der Waals surface area contributed by atoms with E-state index in [1.54, 1.807) is 24.3 Å². The van der Waals surface area contributed by atoms with E-state index in [4.69, 9.17) is 10.5 Å². The number of hydrogen-bond donors (Lipinski definition) is 3. The summed E-state index contributed by atoms with van der Waals surface area (Å²) in [7, 11) is -3.56. The first-order valence-electron chi connectivity index (χ1n) is 9.74. The van der Waals surface area contributed by atoms with Gasteiger partial charge >= 0.3 is 0 Å². The normalized spacial score (nSPS) is 14.4.